The standard InChI is InChI=1S/C14H23N3O4S2/c1-10(2)11(3)17-6-5-16(14(17)18)7-12-9-22-13(15-12)8-21-23(4,19)20/h9-11H,5-8H2,1-4H3/t11-/m0/s1. The number of nitrogens with zero attached hydrogens (tertiary/aromatic N) is 3. The van der Waals surface area contributed by atoms with E-state index in [2.05, 4.69) is 25.8 Å². The van der Waals surface area contributed by atoms with Gasteiger partial charge < -0.3 is 9.80 Å². The minimum atomic E-state index is -3.47. The van der Waals surface area contributed by atoms with Gasteiger partial charge in [0.15, 0.2) is 0 Å². The van der Waals surface area contributed by atoms with Gasteiger partial charge in [-0.15, -0.1) is 11.3 Å². The third kappa shape index (κ3) is 4.89. The first kappa shape index (κ1) is 18.2. The average Bonchev–Trinajstić information content (AvgIpc) is 3.03. The summed E-state index contributed by atoms with van der Waals surface area (Å²) in [4.78, 5) is 20.4. The van der Waals surface area contributed by atoms with Crippen LogP contribution >= 0.6 is 11.3 Å². The lowest BCUT2D eigenvalue weighted by atomic mass is 10.1. The second-order valence-corrected chi connectivity index (χ2v) is 8.67. The molecule has 1 fully saturated rings. The minimum Gasteiger partial charge on any atom is -0.320 e. The molecule has 7 nitrogen and oxygen atoms in total. The Balaban J connectivity index is 1.93. The number of hydrogen-bond donors (Lipinski definition) is 0. The second-order valence-electron chi connectivity index (χ2n) is 6.08. The summed E-state index contributed by atoms with van der Waals surface area (Å²) in [5.74, 6) is 0.415. The molecule has 1 aliphatic rings. The molecule has 0 aromatic carbocycles. The molecule has 0 bridgehead atoms. The van der Waals surface area contributed by atoms with Crippen LogP contribution in [0.1, 0.15) is 31.5 Å². The molecule has 0 aliphatic carbocycles. The van der Waals surface area contributed by atoms with Gasteiger partial charge in [-0.05, 0) is 12.8 Å². The van der Waals surface area contributed by atoms with Crippen molar-refractivity contribution in [2.24, 2.45) is 5.92 Å². The highest BCUT2D eigenvalue weighted by molar-refractivity contribution is 7.85. The molecule has 1 aromatic rings. The van der Waals surface area contributed by atoms with Crippen LogP contribution in [0.3, 0.4) is 0 Å². The van der Waals surface area contributed by atoms with E-state index in [0.717, 1.165) is 18.5 Å². The smallest absolute Gasteiger partial charge is 0.320 e. The van der Waals surface area contributed by atoms with Crippen molar-refractivity contribution in [2.75, 3.05) is 19.3 Å². The van der Waals surface area contributed by atoms with Crippen LogP contribution in [0.25, 0.3) is 0 Å². The normalized spacial score (nSPS) is 17.3. The summed E-state index contributed by atoms with van der Waals surface area (Å²) >= 11 is 1.33. The number of urea groups is 1. The molecule has 0 N–H and O–H groups in total. The monoisotopic (exact) mass is 361 g/mol. The molecule has 2 heterocycles. The molecule has 0 saturated carbocycles. The Morgan fingerprint density at radius 1 is 1.35 bits per heavy atom. The summed E-state index contributed by atoms with van der Waals surface area (Å²) in [6, 6.07) is 0.245. The Hall–Kier alpha value is -1.19. The molecule has 9 heteroatoms. The van der Waals surface area contributed by atoms with Crippen LogP contribution in [0.4, 0.5) is 4.79 Å². The molecular weight excluding hydrogens is 338 g/mol. The summed E-state index contributed by atoms with van der Waals surface area (Å²) in [5, 5.41) is 2.42. The number of rotatable bonds is 7. The molecule has 2 amide bonds. The van der Waals surface area contributed by atoms with Crippen LogP contribution in [0.5, 0.6) is 0 Å². The van der Waals surface area contributed by atoms with E-state index in [-0.39, 0.29) is 18.7 Å². The maximum absolute atomic E-state index is 12.4. The Morgan fingerprint density at radius 3 is 2.65 bits per heavy atom. The Kier molecular flexibility index (Phi) is 5.64. The molecule has 0 unspecified atom stereocenters. The van der Waals surface area contributed by atoms with Gasteiger partial charge in [0, 0.05) is 24.5 Å². The molecule has 1 saturated heterocycles. The van der Waals surface area contributed by atoms with Crippen LogP contribution in [0, 0.1) is 5.92 Å². The van der Waals surface area contributed by atoms with Crippen molar-refractivity contribution < 1.29 is 17.4 Å². The lowest BCUT2D eigenvalue weighted by molar-refractivity contribution is 0.167. The molecule has 1 atom stereocenters. The van der Waals surface area contributed by atoms with Crippen molar-refractivity contribution in [3.8, 4) is 0 Å². The highest BCUT2D eigenvalue weighted by atomic mass is 32.2. The summed E-state index contributed by atoms with van der Waals surface area (Å²) in [5.41, 5.74) is 0.759. The van der Waals surface area contributed by atoms with E-state index < -0.39 is 10.1 Å². The van der Waals surface area contributed by atoms with E-state index in [1.54, 1.807) is 4.90 Å². The fourth-order valence-corrected chi connectivity index (χ4v) is 3.42. The topological polar surface area (TPSA) is 79.8 Å². The molecule has 0 radical (unpaired) electrons. The highest BCUT2D eigenvalue weighted by Crippen LogP contribution is 2.20. The SMILES string of the molecule is CC(C)[C@H](C)N1CCN(Cc2csc(COS(C)(=O)=O)n2)C1=O. The van der Waals surface area contributed by atoms with Gasteiger partial charge in [-0.2, -0.15) is 8.42 Å². The summed E-state index contributed by atoms with van der Waals surface area (Å²) < 4.78 is 26.7. The number of aromatic nitrogens is 1. The van der Waals surface area contributed by atoms with Gasteiger partial charge in [-0.3, -0.25) is 4.18 Å². The van der Waals surface area contributed by atoms with E-state index in [1.807, 2.05) is 10.3 Å². The third-order valence-corrected chi connectivity index (χ3v) is 5.35. The first-order valence-corrected chi connectivity index (χ1v) is 10.2. The van der Waals surface area contributed by atoms with Gasteiger partial charge in [0.2, 0.25) is 0 Å². The molecule has 0 spiro atoms. The van der Waals surface area contributed by atoms with E-state index in [9.17, 15) is 13.2 Å². The summed E-state index contributed by atoms with van der Waals surface area (Å²) in [6.45, 7) is 8.07. The highest BCUT2D eigenvalue weighted by Gasteiger charge is 2.33. The molecule has 2 rings (SSSR count). The van der Waals surface area contributed by atoms with Crippen molar-refractivity contribution in [2.45, 2.75) is 40.0 Å². The predicted octanol–water partition coefficient (Wildman–Crippen LogP) is 1.90. The second kappa shape index (κ2) is 7.14. The molecule has 130 valence electrons. The number of amides is 2. The van der Waals surface area contributed by atoms with Crippen molar-refractivity contribution in [1.82, 2.24) is 14.8 Å². The molecular formula is C14H23N3O4S2. The average molecular weight is 361 g/mol. The van der Waals surface area contributed by atoms with Crippen molar-refractivity contribution in [3.05, 3.63) is 16.1 Å². The fourth-order valence-electron chi connectivity index (χ4n) is 2.33. The third-order valence-electron chi connectivity index (χ3n) is 3.93. The zero-order valence-electron chi connectivity index (χ0n) is 13.9. The molecule has 1 aliphatic heterocycles. The summed E-state index contributed by atoms with van der Waals surface area (Å²) in [7, 11) is -3.47. The van der Waals surface area contributed by atoms with E-state index in [0.29, 0.717) is 24.0 Å². The predicted molar refractivity (Wildman–Crippen MR) is 88.6 cm³/mol. The first-order valence-electron chi connectivity index (χ1n) is 7.50. The van der Waals surface area contributed by atoms with Crippen molar-refractivity contribution in [1.29, 1.82) is 0 Å². The van der Waals surface area contributed by atoms with Gasteiger partial charge in [-0.1, -0.05) is 13.8 Å². The quantitative estimate of drug-likeness (QED) is 0.693. The van der Waals surface area contributed by atoms with Crippen LogP contribution in [0.2, 0.25) is 0 Å². The van der Waals surface area contributed by atoms with E-state index >= 15 is 0 Å². The van der Waals surface area contributed by atoms with Crippen LogP contribution in [0.15, 0.2) is 5.38 Å². The van der Waals surface area contributed by atoms with Gasteiger partial charge in [0.25, 0.3) is 10.1 Å². The Bertz CT molecular complexity index is 657. The zero-order valence-corrected chi connectivity index (χ0v) is 15.5. The Labute approximate surface area is 141 Å². The molecule has 1 aromatic heterocycles. The first-order chi connectivity index (χ1) is 10.7. The maximum atomic E-state index is 12.4. The number of carbonyl (C=O) groups excluding carboxylic acids is 1. The number of carbonyl (C=O) groups is 1. The lowest BCUT2D eigenvalue weighted by Crippen LogP contribution is -2.40. The van der Waals surface area contributed by atoms with Crippen molar-refractivity contribution >= 4 is 27.5 Å². The van der Waals surface area contributed by atoms with E-state index in [1.165, 1.54) is 11.3 Å². The maximum Gasteiger partial charge on any atom is 0.320 e. The van der Waals surface area contributed by atoms with Crippen molar-refractivity contribution in [3.63, 3.8) is 0 Å². The zero-order chi connectivity index (χ0) is 17.2. The van der Waals surface area contributed by atoms with Gasteiger partial charge in [0.1, 0.15) is 11.6 Å². The molecule has 23 heavy (non-hydrogen) atoms. The largest absolute Gasteiger partial charge is 0.320 e. The fraction of sp³-hybridized carbons (Fsp3) is 0.714. The number of hydrogen-bond acceptors (Lipinski definition) is 6. The van der Waals surface area contributed by atoms with Crippen LogP contribution in [-0.2, 0) is 27.5 Å². The minimum absolute atomic E-state index is 0.0353. The van der Waals surface area contributed by atoms with Crippen LogP contribution < -0.4 is 0 Å². The van der Waals surface area contributed by atoms with Gasteiger partial charge >= 0.3 is 6.03 Å². The summed E-state index contributed by atoms with van der Waals surface area (Å²) in [6.07, 6.45) is 1.01. The lowest BCUT2D eigenvalue weighted by Gasteiger charge is -2.27. The van der Waals surface area contributed by atoms with Gasteiger partial charge in [-0.25, -0.2) is 9.78 Å². The van der Waals surface area contributed by atoms with Gasteiger partial charge in [0.05, 0.1) is 18.5 Å². The Morgan fingerprint density at radius 2 is 2.04 bits per heavy atom. The van der Waals surface area contributed by atoms with Crippen LogP contribution in [-0.4, -0.2) is 54.6 Å². The van der Waals surface area contributed by atoms with E-state index in [4.69, 9.17) is 4.18 Å². The number of thiazole rings is 1.